The van der Waals surface area contributed by atoms with E-state index in [4.69, 9.17) is 10.5 Å². The molecule has 0 saturated heterocycles. The van der Waals surface area contributed by atoms with Gasteiger partial charge in [0, 0.05) is 0 Å². The van der Waals surface area contributed by atoms with Gasteiger partial charge >= 0.3 is 6.09 Å². The van der Waals surface area contributed by atoms with Crippen molar-refractivity contribution >= 4 is 11.8 Å². The Hall–Kier alpha value is -1.75. The number of carbonyl (C=O) groups is 1. The summed E-state index contributed by atoms with van der Waals surface area (Å²) in [6, 6.07) is 5.29. The molecule has 0 unspecified atom stereocenters. The number of aromatic hydroxyl groups is 1. The van der Waals surface area contributed by atoms with Crippen LogP contribution < -0.4 is 11.1 Å². The number of anilines is 1. The third-order valence-electron chi connectivity index (χ3n) is 4.32. The molecule has 0 radical (unpaired) electrons. The molecule has 1 aromatic rings. The van der Waals surface area contributed by atoms with E-state index in [0.29, 0.717) is 24.1 Å². The lowest BCUT2D eigenvalue weighted by Crippen LogP contribution is -2.27. The highest BCUT2D eigenvalue weighted by atomic mass is 16.6. The third kappa shape index (κ3) is 3.35. The van der Waals surface area contributed by atoms with Gasteiger partial charge < -0.3 is 15.6 Å². The number of amides is 1. The maximum absolute atomic E-state index is 11.9. The van der Waals surface area contributed by atoms with Gasteiger partial charge in [0.05, 0.1) is 5.69 Å². The molecule has 1 aliphatic rings. The van der Waals surface area contributed by atoms with Gasteiger partial charge in [-0.3, -0.25) is 5.32 Å². The van der Waals surface area contributed by atoms with E-state index in [1.54, 1.807) is 32.9 Å². The largest absolute Gasteiger partial charge is 0.506 e. The first-order chi connectivity index (χ1) is 10.1. The molecule has 1 aromatic carbocycles. The van der Waals surface area contributed by atoms with Crippen LogP contribution in [0.5, 0.6) is 5.75 Å². The number of carbonyl (C=O) groups excluding carboxylic acids is 1. The van der Waals surface area contributed by atoms with Crippen molar-refractivity contribution in [1.29, 1.82) is 0 Å². The smallest absolute Gasteiger partial charge is 0.412 e. The van der Waals surface area contributed by atoms with Gasteiger partial charge in [-0.1, -0.05) is 19.9 Å². The molecule has 0 bridgehead atoms. The predicted octanol–water partition coefficient (Wildman–Crippen LogP) is 3.44. The SMILES string of the molecule is CC(C)(C)OC(=O)Nc1cc([C@@H]2[C@@H](CN)C2(C)C)ccc1O. The van der Waals surface area contributed by atoms with Gasteiger partial charge in [0.1, 0.15) is 11.4 Å². The molecule has 1 amide bonds. The Kier molecular flexibility index (Phi) is 4.13. The Morgan fingerprint density at radius 1 is 1.41 bits per heavy atom. The van der Waals surface area contributed by atoms with Crippen molar-refractivity contribution in [3.05, 3.63) is 23.8 Å². The molecule has 5 heteroatoms. The number of rotatable bonds is 3. The van der Waals surface area contributed by atoms with Crippen LogP contribution >= 0.6 is 0 Å². The Bertz CT molecular complexity index is 576. The average Bonchev–Trinajstić information content (AvgIpc) is 2.91. The number of hydrogen-bond donors (Lipinski definition) is 3. The molecule has 22 heavy (non-hydrogen) atoms. The summed E-state index contributed by atoms with van der Waals surface area (Å²) < 4.78 is 5.21. The van der Waals surface area contributed by atoms with Crippen LogP contribution in [0.2, 0.25) is 0 Å². The number of nitrogens with two attached hydrogens (primary N) is 1. The number of hydrogen-bond acceptors (Lipinski definition) is 4. The Labute approximate surface area is 131 Å². The summed E-state index contributed by atoms with van der Waals surface area (Å²) in [5.74, 6) is 0.793. The van der Waals surface area contributed by atoms with Gasteiger partial charge in [0.25, 0.3) is 0 Å². The van der Waals surface area contributed by atoms with E-state index in [-0.39, 0.29) is 11.2 Å². The lowest BCUT2D eigenvalue weighted by atomic mass is 10.0. The molecular formula is C17H26N2O3. The normalized spacial score (nSPS) is 23.0. The summed E-state index contributed by atoms with van der Waals surface area (Å²) in [4.78, 5) is 11.9. The van der Waals surface area contributed by atoms with Crippen LogP contribution in [0.1, 0.15) is 46.1 Å². The van der Waals surface area contributed by atoms with Crippen LogP contribution in [0, 0.1) is 11.3 Å². The highest BCUT2D eigenvalue weighted by molar-refractivity contribution is 5.87. The van der Waals surface area contributed by atoms with Crippen LogP contribution in [0.4, 0.5) is 10.5 Å². The third-order valence-corrected chi connectivity index (χ3v) is 4.32. The summed E-state index contributed by atoms with van der Waals surface area (Å²) in [5.41, 5.74) is 6.82. The number of benzene rings is 1. The fourth-order valence-corrected chi connectivity index (χ4v) is 3.11. The molecule has 0 aromatic heterocycles. The molecule has 5 nitrogen and oxygen atoms in total. The van der Waals surface area contributed by atoms with Crippen LogP contribution in [0.15, 0.2) is 18.2 Å². The van der Waals surface area contributed by atoms with Crippen molar-refractivity contribution in [2.24, 2.45) is 17.1 Å². The number of phenolic OH excluding ortho intramolecular Hbond substituents is 1. The first-order valence-electron chi connectivity index (χ1n) is 7.59. The van der Waals surface area contributed by atoms with Crippen LogP contribution in [-0.2, 0) is 4.74 Å². The van der Waals surface area contributed by atoms with E-state index in [0.717, 1.165) is 5.56 Å². The second-order valence-electron chi connectivity index (χ2n) is 7.54. The van der Waals surface area contributed by atoms with Crippen LogP contribution in [0.3, 0.4) is 0 Å². The summed E-state index contributed by atoms with van der Waals surface area (Å²) in [5, 5.41) is 12.6. The molecule has 2 atom stereocenters. The zero-order valence-corrected chi connectivity index (χ0v) is 13.9. The second-order valence-corrected chi connectivity index (χ2v) is 7.54. The van der Waals surface area contributed by atoms with E-state index in [2.05, 4.69) is 19.2 Å². The molecule has 1 aliphatic carbocycles. The van der Waals surface area contributed by atoms with Crippen molar-refractivity contribution in [3.8, 4) is 5.75 Å². The zero-order valence-electron chi connectivity index (χ0n) is 13.9. The summed E-state index contributed by atoms with van der Waals surface area (Å²) in [6.07, 6.45) is -0.578. The number of ether oxygens (including phenoxy) is 1. The van der Waals surface area contributed by atoms with Crippen molar-refractivity contribution in [2.45, 2.75) is 46.1 Å². The fraction of sp³-hybridized carbons (Fsp3) is 0.588. The van der Waals surface area contributed by atoms with E-state index >= 15 is 0 Å². The highest BCUT2D eigenvalue weighted by Crippen LogP contribution is 2.64. The molecule has 122 valence electrons. The minimum atomic E-state index is -0.583. The zero-order chi connectivity index (χ0) is 16.7. The molecular weight excluding hydrogens is 280 g/mol. The standard InChI is InChI=1S/C17H26N2O3/c1-16(2,3)22-15(21)19-12-8-10(6-7-13(12)20)14-11(9-18)17(14,4)5/h6-8,11,14,20H,9,18H2,1-5H3,(H,19,21)/t11-,14-/m1/s1. The van der Waals surface area contributed by atoms with Gasteiger partial charge in [-0.2, -0.15) is 0 Å². The topological polar surface area (TPSA) is 84.6 Å². The molecule has 0 spiro atoms. The van der Waals surface area contributed by atoms with Gasteiger partial charge in [0.2, 0.25) is 0 Å². The van der Waals surface area contributed by atoms with E-state index < -0.39 is 11.7 Å². The van der Waals surface area contributed by atoms with Gasteiger partial charge in [-0.25, -0.2) is 4.79 Å². The van der Waals surface area contributed by atoms with Crippen molar-refractivity contribution in [3.63, 3.8) is 0 Å². The first kappa shape index (κ1) is 16.6. The van der Waals surface area contributed by atoms with Crippen LogP contribution in [0.25, 0.3) is 0 Å². The molecule has 0 aliphatic heterocycles. The predicted molar refractivity (Wildman–Crippen MR) is 87.0 cm³/mol. The minimum absolute atomic E-state index is 0.0253. The second kappa shape index (κ2) is 5.47. The van der Waals surface area contributed by atoms with Gasteiger partial charge in [0.15, 0.2) is 0 Å². The summed E-state index contributed by atoms with van der Waals surface area (Å²) in [6.45, 7) is 10.4. The summed E-state index contributed by atoms with van der Waals surface area (Å²) in [7, 11) is 0. The molecule has 4 N–H and O–H groups in total. The maximum atomic E-state index is 11.9. The number of phenols is 1. The Morgan fingerprint density at radius 3 is 2.55 bits per heavy atom. The summed E-state index contributed by atoms with van der Waals surface area (Å²) >= 11 is 0. The van der Waals surface area contributed by atoms with Crippen molar-refractivity contribution in [1.82, 2.24) is 0 Å². The average molecular weight is 306 g/mol. The fourth-order valence-electron chi connectivity index (χ4n) is 3.11. The molecule has 2 rings (SSSR count). The number of nitrogens with one attached hydrogen (secondary N) is 1. The molecule has 1 saturated carbocycles. The monoisotopic (exact) mass is 306 g/mol. The maximum Gasteiger partial charge on any atom is 0.412 e. The van der Waals surface area contributed by atoms with Crippen LogP contribution in [-0.4, -0.2) is 23.3 Å². The first-order valence-corrected chi connectivity index (χ1v) is 7.59. The highest BCUT2D eigenvalue weighted by Gasteiger charge is 2.57. The molecule has 0 heterocycles. The van der Waals surface area contributed by atoms with E-state index in [1.165, 1.54) is 0 Å². The lowest BCUT2D eigenvalue weighted by Gasteiger charge is -2.20. The van der Waals surface area contributed by atoms with Crippen molar-refractivity contribution < 1.29 is 14.6 Å². The van der Waals surface area contributed by atoms with Gasteiger partial charge in [-0.15, -0.1) is 0 Å². The lowest BCUT2D eigenvalue weighted by molar-refractivity contribution is 0.0635. The van der Waals surface area contributed by atoms with Gasteiger partial charge in [-0.05, 0) is 62.3 Å². The Morgan fingerprint density at radius 2 is 2.05 bits per heavy atom. The molecule has 1 fully saturated rings. The quantitative estimate of drug-likeness (QED) is 0.747. The van der Waals surface area contributed by atoms with E-state index in [1.807, 2.05) is 6.07 Å². The Balaban J connectivity index is 2.17. The van der Waals surface area contributed by atoms with E-state index in [9.17, 15) is 9.90 Å². The van der Waals surface area contributed by atoms with Crippen molar-refractivity contribution in [2.75, 3.05) is 11.9 Å². The minimum Gasteiger partial charge on any atom is -0.506 e.